The Hall–Kier alpha value is -2.08. The minimum atomic E-state index is -1.28. The molecule has 1 N–H and O–H groups in total. The lowest BCUT2D eigenvalue weighted by Crippen LogP contribution is -2.28. The number of nitrogens with zero attached hydrogens (tertiary/aromatic N) is 1. The first-order valence-corrected chi connectivity index (χ1v) is 7.57. The Bertz CT molecular complexity index is 598. The fourth-order valence-corrected chi connectivity index (χ4v) is 2.14. The van der Waals surface area contributed by atoms with Gasteiger partial charge < -0.3 is 5.11 Å². The fourth-order valence-electron chi connectivity index (χ4n) is 2.14. The lowest BCUT2D eigenvalue weighted by molar-refractivity contribution is 0.145. The lowest BCUT2D eigenvalue weighted by Gasteiger charge is -2.24. The lowest BCUT2D eigenvalue weighted by atomic mass is 9.87. The Balaban J connectivity index is 2.38. The van der Waals surface area contributed by atoms with Crippen LogP contribution in [-0.4, -0.2) is 29.6 Å². The number of hydrogen-bond acceptors (Lipinski definition) is 2. The molecule has 0 bridgehead atoms. The molecule has 22 heavy (non-hydrogen) atoms. The Morgan fingerprint density at radius 1 is 0.955 bits per heavy atom. The molecule has 2 aromatic rings. The third kappa shape index (κ3) is 3.76. The summed E-state index contributed by atoms with van der Waals surface area (Å²) in [6.45, 7) is 4.88. The van der Waals surface area contributed by atoms with Crippen LogP contribution in [0.1, 0.15) is 25.0 Å². The van der Waals surface area contributed by atoms with Crippen LogP contribution in [0.5, 0.6) is 0 Å². The van der Waals surface area contributed by atoms with Gasteiger partial charge in [-0.1, -0.05) is 72.5 Å². The molecule has 0 aliphatic heterocycles. The van der Waals surface area contributed by atoms with E-state index in [9.17, 15) is 5.11 Å². The van der Waals surface area contributed by atoms with Crippen molar-refractivity contribution in [3.05, 3.63) is 71.8 Å². The molecule has 0 aromatic heterocycles. The third-order valence-corrected chi connectivity index (χ3v) is 3.86. The van der Waals surface area contributed by atoms with Crippen molar-refractivity contribution in [1.29, 1.82) is 0 Å². The van der Waals surface area contributed by atoms with Gasteiger partial charge in [0.05, 0.1) is 6.54 Å². The largest absolute Gasteiger partial charge is 0.369 e. The molecule has 0 atom stereocenters. The van der Waals surface area contributed by atoms with Gasteiger partial charge in [0.1, 0.15) is 0 Å². The van der Waals surface area contributed by atoms with Crippen LogP contribution in [0, 0.1) is 11.8 Å². The van der Waals surface area contributed by atoms with E-state index in [1.807, 2.05) is 67.7 Å². The zero-order valence-corrected chi connectivity index (χ0v) is 13.5. The first-order chi connectivity index (χ1) is 10.5. The average Bonchev–Trinajstić information content (AvgIpc) is 2.56. The quantitative estimate of drug-likeness (QED) is 0.875. The second kappa shape index (κ2) is 7.26. The van der Waals surface area contributed by atoms with Gasteiger partial charge in [-0.2, -0.15) is 0 Å². The highest BCUT2D eigenvalue weighted by Crippen LogP contribution is 2.28. The molecule has 0 spiro atoms. The van der Waals surface area contributed by atoms with E-state index >= 15 is 0 Å². The van der Waals surface area contributed by atoms with Gasteiger partial charge in [-0.25, -0.2) is 0 Å². The van der Waals surface area contributed by atoms with Crippen LogP contribution in [0.4, 0.5) is 0 Å². The summed E-state index contributed by atoms with van der Waals surface area (Å²) < 4.78 is 0. The molecule has 0 aliphatic carbocycles. The van der Waals surface area contributed by atoms with Crippen molar-refractivity contribution in [3.63, 3.8) is 0 Å². The van der Waals surface area contributed by atoms with Gasteiger partial charge in [0.15, 0.2) is 5.60 Å². The predicted molar refractivity (Wildman–Crippen MR) is 91.4 cm³/mol. The van der Waals surface area contributed by atoms with Crippen LogP contribution in [0.25, 0.3) is 0 Å². The Labute approximate surface area is 133 Å². The topological polar surface area (TPSA) is 23.5 Å². The molecule has 0 heterocycles. The zero-order chi connectivity index (χ0) is 16.0. The maximum atomic E-state index is 11.2. The average molecular weight is 293 g/mol. The van der Waals surface area contributed by atoms with Gasteiger partial charge >= 0.3 is 0 Å². The minimum absolute atomic E-state index is 0.427. The molecular formula is C20H23NO. The summed E-state index contributed by atoms with van der Waals surface area (Å²) in [5, 5.41) is 11.2. The van der Waals surface area contributed by atoms with Crippen molar-refractivity contribution >= 4 is 0 Å². The van der Waals surface area contributed by atoms with Crippen LogP contribution in [0.3, 0.4) is 0 Å². The Morgan fingerprint density at radius 2 is 1.41 bits per heavy atom. The van der Waals surface area contributed by atoms with E-state index in [1.165, 1.54) is 0 Å². The van der Waals surface area contributed by atoms with Crippen LogP contribution >= 0.6 is 0 Å². The minimum Gasteiger partial charge on any atom is -0.369 e. The summed E-state index contributed by atoms with van der Waals surface area (Å²) in [5.41, 5.74) is 0.308. The second-order valence-corrected chi connectivity index (χ2v) is 5.75. The molecule has 0 saturated carbocycles. The van der Waals surface area contributed by atoms with Crippen molar-refractivity contribution in [2.45, 2.75) is 25.5 Å². The molecule has 114 valence electrons. The van der Waals surface area contributed by atoms with Gasteiger partial charge in [0.2, 0.25) is 0 Å². The number of rotatable bonds is 4. The highest BCUT2D eigenvalue weighted by Gasteiger charge is 2.28. The highest BCUT2D eigenvalue weighted by molar-refractivity contribution is 5.44. The third-order valence-electron chi connectivity index (χ3n) is 3.86. The van der Waals surface area contributed by atoms with Gasteiger partial charge in [0, 0.05) is 17.2 Å². The van der Waals surface area contributed by atoms with Crippen molar-refractivity contribution in [2.24, 2.45) is 0 Å². The molecule has 0 saturated heterocycles. The van der Waals surface area contributed by atoms with Crippen molar-refractivity contribution in [2.75, 3.05) is 13.6 Å². The molecule has 0 fully saturated rings. The van der Waals surface area contributed by atoms with Crippen molar-refractivity contribution < 1.29 is 5.11 Å². The first-order valence-electron chi connectivity index (χ1n) is 7.57. The molecule has 2 rings (SSSR count). The standard InChI is InChI=1S/C20H23NO/c1-17(2)21(3)16-10-15-20(22,18-11-6-4-7-12-18)19-13-8-5-9-14-19/h4-9,11-14,17,22H,16H2,1-3H3. The summed E-state index contributed by atoms with van der Waals surface area (Å²) >= 11 is 0. The number of benzene rings is 2. The smallest absolute Gasteiger partial charge is 0.176 e. The number of hydrogen-bond donors (Lipinski definition) is 1. The SMILES string of the molecule is CC(C)N(C)CC#CC(O)(c1ccccc1)c1ccccc1. The number of aliphatic hydroxyl groups is 1. The molecule has 0 aliphatic rings. The summed E-state index contributed by atoms with van der Waals surface area (Å²) in [5.74, 6) is 6.21. The normalized spacial score (nSPS) is 11.4. The van der Waals surface area contributed by atoms with Gasteiger partial charge in [-0.05, 0) is 20.9 Å². The predicted octanol–water partition coefficient (Wildman–Crippen LogP) is 3.27. The Kier molecular flexibility index (Phi) is 5.38. The summed E-state index contributed by atoms with van der Waals surface area (Å²) in [4.78, 5) is 2.14. The van der Waals surface area contributed by atoms with E-state index in [4.69, 9.17) is 0 Å². The van der Waals surface area contributed by atoms with Crippen molar-refractivity contribution in [3.8, 4) is 11.8 Å². The maximum absolute atomic E-state index is 11.2. The fraction of sp³-hybridized carbons (Fsp3) is 0.300. The van der Waals surface area contributed by atoms with E-state index in [0.29, 0.717) is 12.6 Å². The second-order valence-electron chi connectivity index (χ2n) is 5.75. The summed E-state index contributed by atoms with van der Waals surface area (Å²) in [6, 6.07) is 19.6. The van der Waals surface area contributed by atoms with Crippen LogP contribution in [0.2, 0.25) is 0 Å². The van der Waals surface area contributed by atoms with E-state index < -0.39 is 5.60 Å². The molecule has 0 unspecified atom stereocenters. The van der Waals surface area contributed by atoms with E-state index in [0.717, 1.165) is 11.1 Å². The molecule has 2 heteroatoms. The zero-order valence-electron chi connectivity index (χ0n) is 13.5. The monoisotopic (exact) mass is 293 g/mol. The van der Waals surface area contributed by atoms with Crippen LogP contribution in [-0.2, 0) is 5.60 Å². The van der Waals surface area contributed by atoms with E-state index in [2.05, 4.69) is 30.6 Å². The van der Waals surface area contributed by atoms with Gasteiger partial charge in [-0.15, -0.1) is 0 Å². The van der Waals surface area contributed by atoms with Gasteiger partial charge in [0.25, 0.3) is 0 Å². The van der Waals surface area contributed by atoms with Gasteiger partial charge in [-0.3, -0.25) is 4.90 Å². The highest BCUT2D eigenvalue weighted by atomic mass is 16.3. The van der Waals surface area contributed by atoms with Crippen molar-refractivity contribution in [1.82, 2.24) is 4.90 Å². The maximum Gasteiger partial charge on any atom is 0.176 e. The summed E-state index contributed by atoms with van der Waals surface area (Å²) in [7, 11) is 2.03. The molecule has 2 nitrogen and oxygen atoms in total. The first kappa shape index (κ1) is 16.3. The van der Waals surface area contributed by atoms with E-state index in [-0.39, 0.29) is 0 Å². The summed E-state index contributed by atoms with van der Waals surface area (Å²) in [6.07, 6.45) is 0. The molecule has 2 aromatic carbocycles. The Morgan fingerprint density at radius 3 is 1.82 bits per heavy atom. The molecular weight excluding hydrogens is 270 g/mol. The molecule has 0 radical (unpaired) electrons. The van der Waals surface area contributed by atoms with Crippen LogP contribution in [0.15, 0.2) is 60.7 Å². The van der Waals surface area contributed by atoms with Crippen LogP contribution < -0.4 is 0 Å². The van der Waals surface area contributed by atoms with E-state index in [1.54, 1.807) is 0 Å². The molecule has 0 amide bonds.